The molecule has 1 unspecified atom stereocenters. The second-order valence-corrected chi connectivity index (χ2v) is 4.65. The first-order chi connectivity index (χ1) is 6.33. The third-order valence-corrected chi connectivity index (χ3v) is 3.25. The zero-order chi connectivity index (χ0) is 9.52. The zero-order valence-corrected chi connectivity index (χ0v) is 9.63. The molecule has 1 rings (SSSR count). The molecular formula is C10H16OS2. The summed E-state index contributed by atoms with van der Waals surface area (Å²) in [6.07, 6.45) is 11.6. The largest absolute Gasteiger partial charge is 0.478 e. The Morgan fingerprint density at radius 2 is 2.46 bits per heavy atom. The van der Waals surface area contributed by atoms with Crippen molar-refractivity contribution in [3.05, 3.63) is 12.2 Å². The summed E-state index contributed by atoms with van der Waals surface area (Å²) in [5.74, 6) is 0.576. The van der Waals surface area contributed by atoms with Gasteiger partial charge in [0.2, 0.25) is 4.38 Å². The Morgan fingerprint density at radius 3 is 3.23 bits per heavy atom. The first-order valence-corrected chi connectivity index (χ1v) is 6.33. The molecule has 0 saturated carbocycles. The summed E-state index contributed by atoms with van der Waals surface area (Å²) < 4.78 is 6.09. The quantitative estimate of drug-likeness (QED) is 0.517. The molecule has 3 heteroatoms. The van der Waals surface area contributed by atoms with Crippen molar-refractivity contribution in [1.82, 2.24) is 0 Å². The van der Waals surface area contributed by atoms with E-state index in [1.54, 1.807) is 0 Å². The maximum absolute atomic E-state index is 5.43. The molecule has 0 aliphatic heterocycles. The van der Waals surface area contributed by atoms with Gasteiger partial charge in [0.05, 0.1) is 6.61 Å². The highest BCUT2D eigenvalue weighted by Gasteiger charge is 2.08. The van der Waals surface area contributed by atoms with Crippen LogP contribution >= 0.6 is 24.0 Å². The van der Waals surface area contributed by atoms with Crippen molar-refractivity contribution in [2.75, 3.05) is 12.9 Å². The van der Waals surface area contributed by atoms with Crippen molar-refractivity contribution in [3.8, 4) is 0 Å². The molecule has 0 heterocycles. The van der Waals surface area contributed by atoms with Crippen LogP contribution in [0.3, 0.4) is 0 Å². The molecule has 0 amide bonds. The van der Waals surface area contributed by atoms with Gasteiger partial charge in [-0.25, -0.2) is 0 Å². The van der Waals surface area contributed by atoms with Crippen molar-refractivity contribution in [3.63, 3.8) is 0 Å². The lowest BCUT2D eigenvalue weighted by Crippen LogP contribution is -2.08. The SMILES string of the molecule is CSC(=S)OCC1C=CCCCC1. The number of allylic oxidation sites excluding steroid dienone is 1. The van der Waals surface area contributed by atoms with Gasteiger partial charge >= 0.3 is 0 Å². The van der Waals surface area contributed by atoms with Gasteiger partial charge in [-0.3, -0.25) is 0 Å². The van der Waals surface area contributed by atoms with E-state index in [0.717, 1.165) is 6.61 Å². The van der Waals surface area contributed by atoms with Crippen molar-refractivity contribution in [2.24, 2.45) is 5.92 Å². The Bertz CT molecular complexity index is 189. The Hall–Kier alpha value is -0.0200. The molecule has 0 saturated heterocycles. The molecule has 1 aliphatic rings. The van der Waals surface area contributed by atoms with Crippen LogP contribution < -0.4 is 0 Å². The molecule has 0 aromatic rings. The van der Waals surface area contributed by atoms with Crippen LogP contribution in [0.2, 0.25) is 0 Å². The van der Waals surface area contributed by atoms with E-state index < -0.39 is 0 Å². The van der Waals surface area contributed by atoms with E-state index in [2.05, 4.69) is 12.2 Å². The van der Waals surface area contributed by atoms with E-state index in [1.807, 2.05) is 6.26 Å². The minimum absolute atomic E-state index is 0.576. The van der Waals surface area contributed by atoms with Crippen LogP contribution in [0.25, 0.3) is 0 Å². The van der Waals surface area contributed by atoms with Crippen molar-refractivity contribution >= 4 is 28.4 Å². The fraction of sp³-hybridized carbons (Fsp3) is 0.700. The van der Waals surface area contributed by atoms with Gasteiger partial charge in [-0.05, 0) is 37.7 Å². The number of hydrogen-bond acceptors (Lipinski definition) is 3. The molecule has 1 aliphatic carbocycles. The summed E-state index contributed by atoms with van der Waals surface area (Å²) in [5, 5.41) is 0. The van der Waals surface area contributed by atoms with Crippen LogP contribution in [0.15, 0.2) is 12.2 Å². The average Bonchev–Trinajstić information content (AvgIpc) is 2.42. The molecule has 0 spiro atoms. The lowest BCUT2D eigenvalue weighted by Gasteiger charge is -2.11. The van der Waals surface area contributed by atoms with Crippen molar-refractivity contribution < 1.29 is 4.74 Å². The Morgan fingerprint density at radius 1 is 1.62 bits per heavy atom. The molecule has 74 valence electrons. The first kappa shape index (κ1) is 11.1. The van der Waals surface area contributed by atoms with Gasteiger partial charge in [0.1, 0.15) is 0 Å². The summed E-state index contributed by atoms with van der Waals surface area (Å²) in [5.41, 5.74) is 0. The van der Waals surface area contributed by atoms with Gasteiger partial charge < -0.3 is 4.74 Å². The summed E-state index contributed by atoms with van der Waals surface area (Å²) in [7, 11) is 0. The van der Waals surface area contributed by atoms with Crippen LogP contribution in [0, 0.1) is 5.92 Å². The number of hydrogen-bond donors (Lipinski definition) is 0. The molecule has 0 aromatic heterocycles. The van der Waals surface area contributed by atoms with Crippen LogP contribution in [0.1, 0.15) is 25.7 Å². The highest BCUT2D eigenvalue weighted by Crippen LogP contribution is 2.17. The van der Waals surface area contributed by atoms with Crippen LogP contribution in [0.4, 0.5) is 0 Å². The Balaban J connectivity index is 2.22. The standard InChI is InChI=1S/C10H16OS2/c1-13-10(12)11-8-9-6-4-2-3-5-7-9/h4,6,9H,2-3,5,7-8H2,1H3. The fourth-order valence-corrected chi connectivity index (χ4v) is 1.68. The second kappa shape index (κ2) is 6.44. The van der Waals surface area contributed by atoms with Crippen LogP contribution in [-0.2, 0) is 4.74 Å². The molecular weight excluding hydrogens is 200 g/mol. The molecule has 13 heavy (non-hydrogen) atoms. The van der Waals surface area contributed by atoms with E-state index in [1.165, 1.54) is 37.4 Å². The molecule has 0 fully saturated rings. The molecule has 0 aromatic carbocycles. The normalized spacial score (nSPS) is 22.4. The molecule has 0 N–H and O–H groups in total. The second-order valence-electron chi connectivity index (χ2n) is 3.24. The lowest BCUT2D eigenvalue weighted by atomic mass is 10.1. The van der Waals surface area contributed by atoms with E-state index in [-0.39, 0.29) is 0 Å². The lowest BCUT2D eigenvalue weighted by molar-refractivity contribution is 0.269. The number of thioether (sulfide) groups is 1. The number of rotatable bonds is 2. The van der Waals surface area contributed by atoms with E-state index in [4.69, 9.17) is 17.0 Å². The third kappa shape index (κ3) is 4.67. The summed E-state index contributed by atoms with van der Waals surface area (Å²) >= 11 is 6.48. The maximum atomic E-state index is 5.43. The summed E-state index contributed by atoms with van der Waals surface area (Å²) in [4.78, 5) is 0. The Kier molecular flexibility index (Phi) is 5.47. The number of ether oxygens (including phenoxy) is 1. The van der Waals surface area contributed by atoms with Gasteiger partial charge in [-0.15, -0.1) is 0 Å². The summed E-state index contributed by atoms with van der Waals surface area (Å²) in [6.45, 7) is 0.760. The van der Waals surface area contributed by atoms with E-state index in [0.29, 0.717) is 10.3 Å². The topological polar surface area (TPSA) is 9.23 Å². The molecule has 0 radical (unpaired) electrons. The average molecular weight is 216 g/mol. The predicted molar refractivity (Wildman–Crippen MR) is 63.2 cm³/mol. The highest BCUT2D eigenvalue weighted by molar-refractivity contribution is 8.22. The predicted octanol–water partition coefficient (Wildman–Crippen LogP) is 3.40. The van der Waals surface area contributed by atoms with E-state index in [9.17, 15) is 0 Å². The minimum atomic E-state index is 0.576. The van der Waals surface area contributed by atoms with Gasteiger partial charge in [0, 0.05) is 5.92 Å². The Labute approximate surface area is 89.9 Å². The highest BCUT2D eigenvalue weighted by atomic mass is 32.2. The van der Waals surface area contributed by atoms with Gasteiger partial charge in [-0.1, -0.05) is 30.3 Å². The monoisotopic (exact) mass is 216 g/mol. The van der Waals surface area contributed by atoms with Gasteiger partial charge in [-0.2, -0.15) is 0 Å². The fourth-order valence-electron chi connectivity index (χ4n) is 1.43. The third-order valence-electron chi connectivity index (χ3n) is 2.19. The first-order valence-electron chi connectivity index (χ1n) is 4.70. The molecule has 1 atom stereocenters. The van der Waals surface area contributed by atoms with Crippen LogP contribution in [0.5, 0.6) is 0 Å². The van der Waals surface area contributed by atoms with Gasteiger partial charge in [0.25, 0.3) is 0 Å². The zero-order valence-electron chi connectivity index (χ0n) is 7.99. The summed E-state index contributed by atoms with van der Waals surface area (Å²) in [6, 6.07) is 0. The van der Waals surface area contributed by atoms with E-state index >= 15 is 0 Å². The maximum Gasteiger partial charge on any atom is 0.219 e. The van der Waals surface area contributed by atoms with Crippen molar-refractivity contribution in [1.29, 1.82) is 0 Å². The smallest absolute Gasteiger partial charge is 0.219 e. The number of thiocarbonyl (C=S) groups is 1. The van der Waals surface area contributed by atoms with Gasteiger partial charge in [0.15, 0.2) is 0 Å². The minimum Gasteiger partial charge on any atom is -0.478 e. The van der Waals surface area contributed by atoms with Crippen LogP contribution in [-0.4, -0.2) is 17.2 Å². The van der Waals surface area contributed by atoms with Crippen molar-refractivity contribution in [2.45, 2.75) is 25.7 Å². The molecule has 1 nitrogen and oxygen atoms in total. The molecule has 0 bridgehead atoms.